The van der Waals surface area contributed by atoms with Gasteiger partial charge in [0.15, 0.2) is 0 Å². The number of nitrogens with one attached hydrogen (secondary N) is 1. The van der Waals surface area contributed by atoms with Crippen LogP contribution in [0.5, 0.6) is 0 Å². The largest absolute Gasteiger partial charge is 0.369 e. The van der Waals surface area contributed by atoms with Crippen LogP contribution in [0.3, 0.4) is 0 Å². The minimum atomic E-state index is 0.117. The second-order valence-corrected chi connectivity index (χ2v) is 8.03. The lowest BCUT2D eigenvalue weighted by atomic mass is 10.1. The van der Waals surface area contributed by atoms with Crippen molar-refractivity contribution >= 4 is 11.6 Å². The van der Waals surface area contributed by atoms with Crippen molar-refractivity contribution in [2.24, 2.45) is 0 Å². The number of carbonyl (C=O) groups is 1. The molecule has 1 heterocycles. The van der Waals surface area contributed by atoms with E-state index >= 15 is 0 Å². The van der Waals surface area contributed by atoms with Crippen LogP contribution in [0, 0.1) is 13.8 Å². The molecule has 2 aromatic carbocycles. The maximum Gasteiger partial charge on any atom is 0.224 e. The molecule has 1 N–H and O–H groups in total. The molecule has 0 aliphatic carbocycles. The van der Waals surface area contributed by atoms with Gasteiger partial charge in [-0.3, -0.25) is 9.69 Å². The molecule has 2 aromatic rings. The summed E-state index contributed by atoms with van der Waals surface area (Å²) in [5, 5.41) is 3.16. The van der Waals surface area contributed by atoms with E-state index < -0.39 is 0 Å². The molecule has 0 bridgehead atoms. The van der Waals surface area contributed by atoms with Crippen molar-refractivity contribution in [2.75, 3.05) is 37.6 Å². The van der Waals surface area contributed by atoms with Crippen LogP contribution in [0.2, 0.25) is 0 Å². The standard InChI is InChI=1S/C24H33N3O/c1-19-7-6-10-23(17-19)27-15-13-26(14-16-27)12-11-21(3)25-24(28)18-22-9-5-4-8-20(22)2/h4-10,17,21H,11-16,18H2,1-3H3,(H,25,28). The third kappa shape index (κ3) is 5.83. The second kappa shape index (κ2) is 9.74. The SMILES string of the molecule is Cc1cccc(N2CCN(CCC(C)NC(=O)Cc3ccccc3C)CC2)c1. The molecule has 0 saturated carbocycles. The fraction of sp³-hybridized carbons (Fsp3) is 0.458. The highest BCUT2D eigenvalue weighted by atomic mass is 16.1. The molecule has 4 heteroatoms. The first-order valence-electron chi connectivity index (χ1n) is 10.4. The summed E-state index contributed by atoms with van der Waals surface area (Å²) in [6.45, 7) is 11.6. The van der Waals surface area contributed by atoms with E-state index in [0.29, 0.717) is 6.42 Å². The number of nitrogens with zero attached hydrogens (tertiary/aromatic N) is 2. The Kier molecular flexibility index (Phi) is 7.10. The number of amides is 1. The van der Waals surface area contributed by atoms with Crippen LogP contribution in [0.25, 0.3) is 0 Å². The normalized spacial score (nSPS) is 16.0. The van der Waals surface area contributed by atoms with Crippen molar-refractivity contribution in [3.8, 4) is 0 Å². The molecule has 3 rings (SSSR count). The van der Waals surface area contributed by atoms with E-state index in [-0.39, 0.29) is 11.9 Å². The molecule has 0 spiro atoms. The summed E-state index contributed by atoms with van der Waals surface area (Å²) in [4.78, 5) is 17.3. The van der Waals surface area contributed by atoms with Gasteiger partial charge in [0, 0.05) is 44.5 Å². The van der Waals surface area contributed by atoms with Crippen molar-refractivity contribution in [3.05, 3.63) is 65.2 Å². The molecule has 150 valence electrons. The summed E-state index contributed by atoms with van der Waals surface area (Å²) < 4.78 is 0. The lowest BCUT2D eigenvalue weighted by Gasteiger charge is -2.36. The van der Waals surface area contributed by atoms with E-state index in [9.17, 15) is 4.79 Å². The van der Waals surface area contributed by atoms with Gasteiger partial charge in [0.05, 0.1) is 6.42 Å². The summed E-state index contributed by atoms with van der Waals surface area (Å²) in [5.41, 5.74) is 4.93. The predicted molar refractivity (Wildman–Crippen MR) is 117 cm³/mol. The predicted octanol–water partition coefficient (Wildman–Crippen LogP) is 3.56. The highest BCUT2D eigenvalue weighted by molar-refractivity contribution is 5.79. The van der Waals surface area contributed by atoms with Crippen LogP contribution in [0.1, 0.15) is 30.0 Å². The molecule has 28 heavy (non-hydrogen) atoms. The molecule has 1 aliphatic heterocycles. The molecule has 1 aliphatic rings. The number of carbonyl (C=O) groups excluding carboxylic acids is 1. The molecule has 1 saturated heterocycles. The number of piperazine rings is 1. The van der Waals surface area contributed by atoms with Gasteiger partial charge in [-0.1, -0.05) is 36.4 Å². The maximum absolute atomic E-state index is 12.3. The summed E-state index contributed by atoms with van der Waals surface area (Å²) in [6.07, 6.45) is 1.45. The van der Waals surface area contributed by atoms with Gasteiger partial charge >= 0.3 is 0 Å². The number of hydrogen-bond donors (Lipinski definition) is 1. The average Bonchev–Trinajstić information content (AvgIpc) is 2.68. The van der Waals surface area contributed by atoms with E-state index in [0.717, 1.165) is 44.7 Å². The highest BCUT2D eigenvalue weighted by Crippen LogP contribution is 2.18. The van der Waals surface area contributed by atoms with Crippen LogP contribution in [-0.4, -0.2) is 49.6 Å². The van der Waals surface area contributed by atoms with Crippen molar-refractivity contribution in [1.29, 1.82) is 0 Å². The van der Waals surface area contributed by atoms with Gasteiger partial charge in [-0.25, -0.2) is 0 Å². The fourth-order valence-electron chi connectivity index (χ4n) is 3.81. The Balaban J connectivity index is 1.38. The zero-order valence-corrected chi connectivity index (χ0v) is 17.4. The monoisotopic (exact) mass is 379 g/mol. The zero-order chi connectivity index (χ0) is 19.9. The quantitative estimate of drug-likeness (QED) is 0.799. The van der Waals surface area contributed by atoms with E-state index in [4.69, 9.17) is 0 Å². The zero-order valence-electron chi connectivity index (χ0n) is 17.4. The topological polar surface area (TPSA) is 35.6 Å². The van der Waals surface area contributed by atoms with Crippen LogP contribution < -0.4 is 10.2 Å². The molecule has 1 atom stereocenters. The Morgan fingerprint density at radius 1 is 1.04 bits per heavy atom. The first-order chi connectivity index (χ1) is 13.5. The number of anilines is 1. The molecule has 4 nitrogen and oxygen atoms in total. The van der Waals surface area contributed by atoms with Gasteiger partial charge in [0.2, 0.25) is 5.91 Å². The van der Waals surface area contributed by atoms with E-state index in [1.807, 2.05) is 18.2 Å². The number of aryl methyl sites for hydroxylation is 2. The minimum absolute atomic E-state index is 0.117. The van der Waals surface area contributed by atoms with Crippen molar-refractivity contribution in [3.63, 3.8) is 0 Å². The second-order valence-electron chi connectivity index (χ2n) is 8.03. The Bertz CT molecular complexity index is 781. The maximum atomic E-state index is 12.3. The number of rotatable bonds is 7. The molecular weight excluding hydrogens is 346 g/mol. The van der Waals surface area contributed by atoms with Crippen LogP contribution >= 0.6 is 0 Å². The van der Waals surface area contributed by atoms with Crippen molar-refractivity contribution in [1.82, 2.24) is 10.2 Å². The Labute approximate surface area is 169 Å². The Hall–Kier alpha value is -2.33. The smallest absolute Gasteiger partial charge is 0.224 e. The molecule has 0 aromatic heterocycles. The average molecular weight is 380 g/mol. The Morgan fingerprint density at radius 3 is 2.50 bits per heavy atom. The fourth-order valence-corrected chi connectivity index (χ4v) is 3.81. The van der Waals surface area contributed by atoms with Gasteiger partial charge < -0.3 is 10.2 Å². The third-order valence-electron chi connectivity index (χ3n) is 5.64. The third-order valence-corrected chi connectivity index (χ3v) is 5.64. The highest BCUT2D eigenvalue weighted by Gasteiger charge is 2.18. The summed E-state index contributed by atoms with van der Waals surface area (Å²) in [5.74, 6) is 0.117. The minimum Gasteiger partial charge on any atom is -0.369 e. The van der Waals surface area contributed by atoms with E-state index in [2.05, 4.69) is 66.2 Å². The van der Waals surface area contributed by atoms with Gasteiger partial charge in [0.25, 0.3) is 0 Å². The van der Waals surface area contributed by atoms with Crippen molar-refractivity contribution in [2.45, 2.75) is 39.7 Å². The van der Waals surface area contributed by atoms with E-state index in [1.165, 1.54) is 16.8 Å². The summed E-state index contributed by atoms with van der Waals surface area (Å²) in [6, 6.07) is 17.1. The summed E-state index contributed by atoms with van der Waals surface area (Å²) >= 11 is 0. The molecule has 1 fully saturated rings. The first kappa shape index (κ1) is 20.4. The van der Waals surface area contributed by atoms with Gasteiger partial charge in [-0.05, 0) is 56.0 Å². The Morgan fingerprint density at radius 2 is 1.79 bits per heavy atom. The van der Waals surface area contributed by atoms with Crippen LogP contribution in [-0.2, 0) is 11.2 Å². The first-order valence-corrected chi connectivity index (χ1v) is 10.4. The molecule has 0 radical (unpaired) electrons. The van der Waals surface area contributed by atoms with Crippen LogP contribution in [0.4, 0.5) is 5.69 Å². The van der Waals surface area contributed by atoms with Crippen molar-refractivity contribution < 1.29 is 4.79 Å². The lowest BCUT2D eigenvalue weighted by Crippen LogP contribution is -2.47. The van der Waals surface area contributed by atoms with Crippen LogP contribution in [0.15, 0.2) is 48.5 Å². The lowest BCUT2D eigenvalue weighted by molar-refractivity contribution is -0.121. The number of hydrogen-bond acceptors (Lipinski definition) is 3. The van der Waals surface area contributed by atoms with Gasteiger partial charge in [-0.15, -0.1) is 0 Å². The van der Waals surface area contributed by atoms with Gasteiger partial charge in [-0.2, -0.15) is 0 Å². The van der Waals surface area contributed by atoms with Gasteiger partial charge in [0.1, 0.15) is 0 Å². The molecule has 1 amide bonds. The molecular formula is C24H33N3O. The molecule has 1 unspecified atom stereocenters. The number of benzene rings is 2. The summed E-state index contributed by atoms with van der Waals surface area (Å²) in [7, 11) is 0. The van der Waals surface area contributed by atoms with E-state index in [1.54, 1.807) is 0 Å².